The molecule has 0 bridgehead atoms. The number of halogens is 1. The molecule has 9 heteroatoms. The Hall–Kier alpha value is -2.71. The zero-order chi connectivity index (χ0) is 21.4. The molecule has 8 nitrogen and oxygen atoms in total. The topological polar surface area (TPSA) is 89.1 Å². The molecule has 32 heavy (non-hydrogen) atoms. The normalized spacial score (nSPS) is 21.8. The lowest BCUT2D eigenvalue weighted by atomic mass is 9.97. The zero-order valence-corrected chi connectivity index (χ0v) is 18.3. The molecule has 0 unspecified atom stereocenters. The molecule has 1 N–H and O–H groups in total. The number of hydrogen-bond donors (Lipinski definition) is 1. The van der Waals surface area contributed by atoms with Crippen LogP contribution in [0, 0.1) is 11.8 Å². The predicted molar refractivity (Wildman–Crippen MR) is 116 cm³/mol. The van der Waals surface area contributed by atoms with E-state index in [1.54, 1.807) is 12.4 Å². The lowest BCUT2D eigenvalue weighted by molar-refractivity contribution is 0.0461. The van der Waals surface area contributed by atoms with Gasteiger partial charge in [0.1, 0.15) is 12.0 Å². The first kappa shape index (κ1) is 18.8. The average molecular weight is 451 g/mol. The average Bonchev–Trinajstić information content (AvgIpc) is 3.68. The van der Waals surface area contributed by atoms with Crippen molar-refractivity contribution in [3.8, 4) is 17.2 Å². The monoisotopic (exact) mass is 450 g/mol. The van der Waals surface area contributed by atoms with E-state index in [2.05, 4.69) is 20.4 Å². The van der Waals surface area contributed by atoms with E-state index in [1.165, 1.54) is 25.7 Å². The molecule has 2 saturated carbocycles. The summed E-state index contributed by atoms with van der Waals surface area (Å²) in [5.74, 6) is 2.62. The van der Waals surface area contributed by atoms with Gasteiger partial charge in [-0.15, -0.1) is 0 Å². The number of aromatic nitrogens is 4. The van der Waals surface area contributed by atoms with Gasteiger partial charge in [-0.05, 0) is 56.1 Å². The molecule has 4 aliphatic rings. The third kappa shape index (κ3) is 2.85. The van der Waals surface area contributed by atoms with Gasteiger partial charge in [-0.1, -0.05) is 22.8 Å². The highest BCUT2D eigenvalue weighted by atomic mass is 35.5. The fraction of sp³-hybridized carbons (Fsp3) is 0.478. The highest BCUT2D eigenvalue weighted by Gasteiger charge is 2.43. The number of hydrogen-bond acceptors (Lipinski definition) is 6. The molecule has 7 rings (SSSR count). The Morgan fingerprint density at radius 3 is 2.72 bits per heavy atom. The molecule has 3 fully saturated rings. The summed E-state index contributed by atoms with van der Waals surface area (Å²) in [6.07, 6.45) is 7.91. The van der Waals surface area contributed by atoms with E-state index in [0.717, 1.165) is 29.6 Å². The molecule has 3 aromatic rings. The highest BCUT2D eigenvalue weighted by molar-refractivity contribution is 6.34. The standard InChI is InChI=1S/C23H23ClN6O2/c24-14-2-1-3-15-18(14)23(31)29-9-8-16(29)21-20(26-11-30(15)21)22-27-17(32-28-22)10-25-19(12-4-5-12)13-6-7-13/h1-3,11-13,16,19,25H,4-10H2/t16-/m0/s1. The first-order valence-corrected chi connectivity index (χ1v) is 11.8. The third-order valence-electron chi connectivity index (χ3n) is 7.29. The van der Waals surface area contributed by atoms with Crippen molar-refractivity contribution in [2.24, 2.45) is 11.8 Å². The summed E-state index contributed by atoms with van der Waals surface area (Å²) >= 11 is 6.43. The fourth-order valence-electron chi connectivity index (χ4n) is 5.28. The Morgan fingerprint density at radius 2 is 2.00 bits per heavy atom. The summed E-state index contributed by atoms with van der Waals surface area (Å²) in [6.45, 7) is 1.27. The summed E-state index contributed by atoms with van der Waals surface area (Å²) in [5.41, 5.74) is 2.84. The van der Waals surface area contributed by atoms with Crippen LogP contribution in [-0.2, 0) is 6.54 Å². The fourth-order valence-corrected chi connectivity index (χ4v) is 5.53. The molecule has 164 valence electrons. The Bertz CT molecular complexity index is 1220. The van der Waals surface area contributed by atoms with Crippen LogP contribution in [0.4, 0.5) is 0 Å². The molecular weight excluding hydrogens is 428 g/mol. The highest BCUT2D eigenvalue weighted by Crippen LogP contribution is 2.45. The van der Waals surface area contributed by atoms with Crippen LogP contribution >= 0.6 is 11.6 Å². The van der Waals surface area contributed by atoms with Gasteiger partial charge in [0.25, 0.3) is 5.91 Å². The van der Waals surface area contributed by atoms with E-state index in [0.29, 0.717) is 47.1 Å². The van der Waals surface area contributed by atoms with E-state index >= 15 is 0 Å². The molecule has 1 atom stereocenters. The number of carbonyl (C=O) groups is 1. The molecule has 1 aromatic carbocycles. The van der Waals surface area contributed by atoms with Crippen molar-refractivity contribution < 1.29 is 9.32 Å². The number of amides is 1. The van der Waals surface area contributed by atoms with Crippen molar-refractivity contribution >= 4 is 17.5 Å². The number of rotatable bonds is 6. The molecule has 4 heterocycles. The van der Waals surface area contributed by atoms with Crippen LogP contribution in [0.25, 0.3) is 17.2 Å². The van der Waals surface area contributed by atoms with E-state index in [1.807, 2.05) is 21.6 Å². The van der Waals surface area contributed by atoms with E-state index in [4.69, 9.17) is 16.1 Å². The van der Waals surface area contributed by atoms with Crippen molar-refractivity contribution in [1.82, 2.24) is 29.9 Å². The molecule has 1 saturated heterocycles. The summed E-state index contributed by atoms with van der Waals surface area (Å²) < 4.78 is 7.54. The second-order valence-corrected chi connectivity index (χ2v) is 9.79. The molecular formula is C23H23ClN6O2. The molecule has 0 spiro atoms. The minimum absolute atomic E-state index is 0.0410. The number of nitrogens with zero attached hydrogens (tertiary/aromatic N) is 5. The van der Waals surface area contributed by atoms with Crippen LogP contribution in [-0.4, -0.2) is 43.1 Å². The molecule has 1 amide bonds. The van der Waals surface area contributed by atoms with Crippen LogP contribution in [0.2, 0.25) is 5.02 Å². The van der Waals surface area contributed by atoms with Crippen LogP contribution in [0.1, 0.15) is 60.1 Å². The number of nitrogens with one attached hydrogen (secondary N) is 1. The molecule has 2 aliphatic heterocycles. The number of benzene rings is 1. The van der Waals surface area contributed by atoms with Crippen LogP contribution in [0.3, 0.4) is 0 Å². The van der Waals surface area contributed by atoms with E-state index < -0.39 is 0 Å². The van der Waals surface area contributed by atoms with Gasteiger partial charge in [0.05, 0.1) is 34.6 Å². The first-order chi connectivity index (χ1) is 15.7. The second kappa shape index (κ2) is 6.89. The van der Waals surface area contributed by atoms with Gasteiger partial charge in [0, 0.05) is 12.6 Å². The molecule has 2 aromatic heterocycles. The van der Waals surface area contributed by atoms with Gasteiger partial charge in [-0.3, -0.25) is 9.36 Å². The number of imidazole rings is 1. The van der Waals surface area contributed by atoms with Crippen LogP contribution in [0.15, 0.2) is 29.0 Å². The summed E-state index contributed by atoms with van der Waals surface area (Å²) in [5, 5.41) is 8.35. The van der Waals surface area contributed by atoms with Gasteiger partial charge < -0.3 is 14.7 Å². The quantitative estimate of drug-likeness (QED) is 0.615. The number of carbonyl (C=O) groups excluding carboxylic acids is 1. The minimum atomic E-state index is -0.0716. The largest absolute Gasteiger partial charge is 0.337 e. The maximum atomic E-state index is 13.2. The van der Waals surface area contributed by atoms with Crippen molar-refractivity contribution in [2.45, 2.75) is 50.7 Å². The minimum Gasteiger partial charge on any atom is -0.337 e. The first-order valence-electron chi connectivity index (χ1n) is 11.4. The maximum Gasteiger partial charge on any atom is 0.258 e. The lowest BCUT2D eigenvalue weighted by Gasteiger charge is -2.39. The summed E-state index contributed by atoms with van der Waals surface area (Å²) in [7, 11) is 0. The van der Waals surface area contributed by atoms with Crippen molar-refractivity contribution in [1.29, 1.82) is 0 Å². The smallest absolute Gasteiger partial charge is 0.258 e. The van der Waals surface area contributed by atoms with Gasteiger partial charge in [0.15, 0.2) is 0 Å². The Labute approximate surface area is 189 Å². The van der Waals surface area contributed by atoms with Crippen LogP contribution < -0.4 is 5.32 Å². The second-order valence-electron chi connectivity index (χ2n) is 9.38. The maximum absolute atomic E-state index is 13.2. The summed E-state index contributed by atoms with van der Waals surface area (Å²) in [6, 6.07) is 6.02. The van der Waals surface area contributed by atoms with Crippen molar-refractivity contribution in [3.63, 3.8) is 0 Å². The number of fused-ring (bicyclic) bond motifs is 5. The van der Waals surface area contributed by atoms with Gasteiger partial charge in [0.2, 0.25) is 11.7 Å². The molecule has 0 radical (unpaired) electrons. The third-order valence-corrected chi connectivity index (χ3v) is 7.61. The lowest BCUT2D eigenvalue weighted by Crippen LogP contribution is -2.44. The van der Waals surface area contributed by atoms with Gasteiger partial charge >= 0.3 is 0 Å². The predicted octanol–water partition coefficient (Wildman–Crippen LogP) is 3.75. The van der Waals surface area contributed by atoms with E-state index in [9.17, 15) is 4.79 Å². The Kier molecular flexibility index (Phi) is 4.05. The Balaban J connectivity index is 1.22. The van der Waals surface area contributed by atoms with Gasteiger partial charge in [-0.2, -0.15) is 4.98 Å². The van der Waals surface area contributed by atoms with Crippen molar-refractivity contribution in [2.75, 3.05) is 6.54 Å². The van der Waals surface area contributed by atoms with Gasteiger partial charge in [-0.25, -0.2) is 4.98 Å². The zero-order valence-electron chi connectivity index (χ0n) is 17.5. The van der Waals surface area contributed by atoms with Crippen molar-refractivity contribution in [3.05, 3.63) is 46.7 Å². The molecule has 2 aliphatic carbocycles. The van der Waals surface area contributed by atoms with Crippen LogP contribution in [0.5, 0.6) is 0 Å². The summed E-state index contributed by atoms with van der Waals surface area (Å²) in [4.78, 5) is 24.3. The van der Waals surface area contributed by atoms with E-state index in [-0.39, 0.29) is 11.9 Å². The SMILES string of the molecule is O=C1c2c(Cl)cccc2-n2cnc(-c3noc(CNC(C4CC4)C4CC4)n3)c2[C@@H]2CCN12. The Morgan fingerprint density at radius 1 is 1.19 bits per heavy atom.